The molecule has 0 bridgehead atoms. The number of aliphatic hydroxyl groups is 1. The van der Waals surface area contributed by atoms with E-state index in [1.807, 2.05) is 12.1 Å². The smallest absolute Gasteiger partial charge is 0.138 e. The number of benzene rings is 1. The number of hydrogen-bond donors (Lipinski definition) is 2. The second kappa shape index (κ2) is 4.60. The number of hydrogen-bond acceptors (Lipinski definition) is 3. The summed E-state index contributed by atoms with van der Waals surface area (Å²) in [4.78, 5) is 0. The first-order chi connectivity index (χ1) is 6.20. The Morgan fingerprint density at radius 1 is 1.62 bits per heavy atom. The molecular weight excluding hydrogens is 234 g/mol. The van der Waals surface area contributed by atoms with Crippen LogP contribution < -0.4 is 10.5 Å². The number of methoxy groups -OCH3 is 1. The second-order valence-corrected chi connectivity index (χ2v) is 3.47. The molecule has 1 atom stereocenters. The molecule has 1 aromatic carbocycles. The second-order valence-electron chi connectivity index (χ2n) is 2.61. The Bertz CT molecular complexity index is 291. The summed E-state index contributed by atoms with van der Waals surface area (Å²) in [6.07, 6.45) is -0.674. The molecule has 0 aliphatic rings. The highest BCUT2D eigenvalue weighted by atomic mass is 79.9. The van der Waals surface area contributed by atoms with Gasteiger partial charge in [0.15, 0.2) is 0 Å². The zero-order chi connectivity index (χ0) is 9.84. The average molecular weight is 246 g/mol. The number of para-hydroxylation sites is 1. The third-order valence-corrected chi connectivity index (χ3v) is 2.41. The first-order valence-corrected chi connectivity index (χ1v) is 4.70. The van der Waals surface area contributed by atoms with Crippen molar-refractivity contribution in [1.82, 2.24) is 0 Å². The van der Waals surface area contributed by atoms with Crippen molar-refractivity contribution < 1.29 is 9.84 Å². The van der Waals surface area contributed by atoms with E-state index in [4.69, 9.17) is 10.5 Å². The van der Waals surface area contributed by atoms with Gasteiger partial charge in [-0.1, -0.05) is 12.1 Å². The molecule has 0 aromatic heterocycles. The van der Waals surface area contributed by atoms with Crippen molar-refractivity contribution in [2.24, 2.45) is 5.73 Å². The van der Waals surface area contributed by atoms with Crippen molar-refractivity contribution in [3.63, 3.8) is 0 Å². The van der Waals surface area contributed by atoms with E-state index in [0.29, 0.717) is 11.3 Å². The summed E-state index contributed by atoms with van der Waals surface area (Å²) in [6.45, 7) is 0.187. The highest BCUT2D eigenvalue weighted by molar-refractivity contribution is 9.10. The maximum Gasteiger partial charge on any atom is 0.138 e. The molecule has 3 nitrogen and oxygen atoms in total. The van der Waals surface area contributed by atoms with Crippen LogP contribution in [0.15, 0.2) is 22.7 Å². The molecule has 0 aliphatic carbocycles. The SMILES string of the molecule is COc1c(Br)cccc1[C@@H](O)CN. The van der Waals surface area contributed by atoms with Gasteiger partial charge in [0.2, 0.25) is 0 Å². The Morgan fingerprint density at radius 3 is 2.85 bits per heavy atom. The molecule has 1 aromatic rings. The molecular formula is C9H12BrNO2. The largest absolute Gasteiger partial charge is 0.495 e. The van der Waals surface area contributed by atoms with Gasteiger partial charge in [0.05, 0.1) is 17.7 Å². The molecule has 0 heterocycles. The number of rotatable bonds is 3. The fraction of sp³-hybridized carbons (Fsp3) is 0.333. The molecule has 4 heteroatoms. The maximum atomic E-state index is 9.54. The minimum absolute atomic E-state index is 0.187. The van der Waals surface area contributed by atoms with Gasteiger partial charge < -0.3 is 15.6 Å². The molecule has 0 unspecified atom stereocenters. The van der Waals surface area contributed by atoms with Crippen molar-refractivity contribution in [2.45, 2.75) is 6.10 Å². The molecule has 1 rings (SSSR count). The van der Waals surface area contributed by atoms with E-state index in [0.717, 1.165) is 4.47 Å². The summed E-state index contributed by atoms with van der Waals surface area (Å²) in [5.41, 5.74) is 6.06. The quantitative estimate of drug-likeness (QED) is 0.848. The van der Waals surface area contributed by atoms with Crippen LogP contribution in [0.3, 0.4) is 0 Å². The van der Waals surface area contributed by atoms with Gasteiger partial charge in [-0.25, -0.2) is 0 Å². The lowest BCUT2D eigenvalue weighted by Gasteiger charge is -2.13. The Hall–Kier alpha value is -0.580. The minimum Gasteiger partial charge on any atom is -0.495 e. The zero-order valence-electron chi connectivity index (χ0n) is 7.33. The maximum absolute atomic E-state index is 9.54. The van der Waals surface area contributed by atoms with Crippen LogP contribution in [0.2, 0.25) is 0 Å². The van der Waals surface area contributed by atoms with Crippen LogP contribution >= 0.6 is 15.9 Å². The lowest BCUT2D eigenvalue weighted by atomic mass is 10.1. The van der Waals surface area contributed by atoms with Gasteiger partial charge in [-0.05, 0) is 22.0 Å². The summed E-state index contributed by atoms with van der Waals surface area (Å²) < 4.78 is 5.96. The number of nitrogens with two attached hydrogens (primary N) is 1. The summed E-state index contributed by atoms with van der Waals surface area (Å²) >= 11 is 3.33. The molecule has 0 fully saturated rings. The molecule has 0 radical (unpaired) electrons. The third-order valence-electron chi connectivity index (χ3n) is 1.78. The van der Waals surface area contributed by atoms with Gasteiger partial charge in [0.25, 0.3) is 0 Å². The zero-order valence-corrected chi connectivity index (χ0v) is 8.91. The lowest BCUT2D eigenvalue weighted by molar-refractivity contribution is 0.182. The Kier molecular flexibility index (Phi) is 3.71. The molecule has 0 amide bonds. The van der Waals surface area contributed by atoms with E-state index >= 15 is 0 Å². The fourth-order valence-electron chi connectivity index (χ4n) is 1.13. The van der Waals surface area contributed by atoms with Crippen LogP contribution in [0.4, 0.5) is 0 Å². The molecule has 0 spiro atoms. The van der Waals surface area contributed by atoms with E-state index in [2.05, 4.69) is 15.9 Å². The van der Waals surface area contributed by atoms with Crippen LogP contribution in [0.25, 0.3) is 0 Å². The highest BCUT2D eigenvalue weighted by Crippen LogP contribution is 2.32. The Morgan fingerprint density at radius 2 is 2.31 bits per heavy atom. The summed E-state index contributed by atoms with van der Waals surface area (Å²) in [5, 5.41) is 9.54. The molecule has 72 valence electrons. The first kappa shape index (κ1) is 10.5. The molecule has 13 heavy (non-hydrogen) atoms. The van der Waals surface area contributed by atoms with Crippen LogP contribution in [0.1, 0.15) is 11.7 Å². The van der Waals surface area contributed by atoms with Crippen LogP contribution in [-0.2, 0) is 0 Å². The van der Waals surface area contributed by atoms with Crippen molar-refractivity contribution >= 4 is 15.9 Å². The highest BCUT2D eigenvalue weighted by Gasteiger charge is 2.13. The summed E-state index contributed by atoms with van der Waals surface area (Å²) in [7, 11) is 1.56. The van der Waals surface area contributed by atoms with Gasteiger partial charge >= 0.3 is 0 Å². The van der Waals surface area contributed by atoms with E-state index in [9.17, 15) is 5.11 Å². The summed E-state index contributed by atoms with van der Waals surface area (Å²) in [6, 6.07) is 5.48. The Balaban J connectivity index is 3.12. The third kappa shape index (κ3) is 2.21. The van der Waals surface area contributed by atoms with E-state index < -0.39 is 6.10 Å². The van der Waals surface area contributed by atoms with E-state index in [1.54, 1.807) is 13.2 Å². The first-order valence-electron chi connectivity index (χ1n) is 3.91. The molecule has 0 aliphatic heterocycles. The van der Waals surface area contributed by atoms with Gasteiger partial charge in [-0.15, -0.1) is 0 Å². The Labute approximate surface area is 85.6 Å². The topological polar surface area (TPSA) is 55.5 Å². The fourth-order valence-corrected chi connectivity index (χ4v) is 1.67. The number of ether oxygens (including phenoxy) is 1. The summed E-state index contributed by atoms with van der Waals surface area (Å²) in [5.74, 6) is 0.639. The average Bonchev–Trinajstić information content (AvgIpc) is 2.16. The minimum atomic E-state index is -0.674. The van der Waals surface area contributed by atoms with Crippen molar-refractivity contribution in [2.75, 3.05) is 13.7 Å². The molecule has 0 saturated carbocycles. The number of aliphatic hydroxyl groups excluding tert-OH is 1. The predicted octanol–water partition coefficient (Wildman–Crippen LogP) is 1.45. The number of halogens is 1. The van der Waals surface area contributed by atoms with Crippen molar-refractivity contribution in [3.05, 3.63) is 28.2 Å². The van der Waals surface area contributed by atoms with Gasteiger partial charge in [-0.2, -0.15) is 0 Å². The molecule has 0 saturated heterocycles. The predicted molar refractivity (Wildman–Crippen MR) is 54.7 cm³/mol. The van der Waals surface area contributed by atoms with E-state index in [-0.39, 0.29) is 6.54 Å². The van der Waals surface area contributed by atoms with Gasteiger partial charge in [-0.3, -0.25) is 0 Å². The molecule has 3 N–H and O–H groups in total. The van der Waals surface area contributed by atoms with Crippen LogP contribution in [-0.4, -0.2) is 18.8 Å². The van der Waals surface area contributed by atoms with Crippen molar-refractivity contribution in [1.29, 1.82) is 0 Å². The monoisotopic (exact) mass is 245 g/mol. The van der Waals surface area contributed by atoms with Crippen LogP contribution in [0, 0.1) is 0 Å². The van der Waals surface area contributed by atoms with Gasteiger partial charge in [0.1, 0.15) is 5.75 Å². The van der Waals surface area contributed by atoms with Crippen molar-refractivity contribution in [3.8, 4) is 5.75 Å². The lowest BCUT2D eigenvalue weighted by Crippen LogP contribution is -2.12. The van der Waals surface area contributed by atoms with E-state index in [1.165, 1.54) is 0 Å². The van der Waals surface area contributed by atoms with Crippen LogP contribution in [0.5, 0.6) is 5.75 Å². The van der Waals surface area contributed by atoms with Gasteiger partial charge in [0, 0.05) is 12.1 Å². The normalized spacial score (nSPS) is 12.6. The standard InChI is InChI=1S/C9H12BrNO2/c1-13-9-6(8(12)5-11)3-2-4-7(9)10/h2-4,8,12H,5,11H2,1H3/t8-/m0/s1.